The summed E-state index contributed by atoms with van der Waals surface area (Å²) in [6, 6.07) is 11.8. The Morgan fingerprint density at radius 3 is 2.96 bits per heavy atom. The summed E-state index contributed by atoms with van der Waals surface area (Å²) in [7, 11) is 0. The summed E-state index contributed by atoms with van der Waals surface area (Å²) >= 11 is 3.38. The second-order valence-corrected chi connectivity index (χ2v) is 8.08. The van der Waals surface area contributed by atoms with Crippen LogP contribution in [0.1, 0.15) is 9.88 Å². The lowest BCUT2D eigenvalue weighted by molar-refractivity contribution is -0.121. The first-order chi connectivity index (χ1) is 12.7. The van der Waals surface area contributed by atoms with Crippen LogP contribution in [-0.4, -0.2) is 32.4 Å². The van der Waals surface area contributed by atoms with Gasteiger partial charge in [-0.25, -0.2) is 9.67 Å². The molecular formula is C18H17N5OS2. The van der Waals surface area contributed by atoms with E-state index in [1.165, 1.54) is 9.75 Å². The number of amides is 1. The minimum Gasteiger partial charge on any atom is -0.354 e. The molecule has 26 heavy (non-hydrogen) atoms. The van der Waals surface area contributed by atoms with Crippen molar-refractivity contribution in [3.8, 4) is 10.6 Å². The van der Waals surface area contributed by atoms with E-state index in [4.69, 9.17) is 0 Å². The molecule has 0 radical (unpaired) electrons. The Bertz CT molecular complexity index is 1050. The number of benzene rings is 1. The number of aryl methyl sites for hydroxylation is 1. The van der Waals surface area contributed by atoms with Crippen molar-refractivity contribution in [3.05, 3.63) is 51.7 Å². The quantitative estimate of drug-likeness (QED) is 0.555. The first-order valence-corrected chi connectivity index (χ1v) is 9.95. The number of aromatic nitrogens is 4. The molecule has 0 atom stereocenters. The lowest BCUT2D eigenvalue weighted by Crippen LogP contribution is -2.29. The number of hydrogen-bond donors (Lipinski definition) is 1. The van der Waals surface area contributed by atoms with E-state index in [1.807, 2.05) is 31.2 Å². The predicted molar refractivity (Wildman–Crippen MR) is 104 cm³/mol. The molecule has 0 aliphatic heterocycles. The number of nitrogens with zero attached hydrogens (tertiary/aromatic N) is 4. The van der Waals surface area contributed by atoms with Crippen LogP contribution in [0.25, 0.3) is 21.6 Å². The van der Waals surface area contributed by atoms with Crippen LogP contribution in [0, 0.1) is 6.92 Å². The zero-order chi connectivity index (χ0) is 17.9. The van der Waals surface area contributed by atoms with Crippen molar-refractivity contribution in [2.24, 2.45) is 0 Å². The van der Waals surface area contributed by atoms with Crippen LogP contribution >= 0.6 is 22.7 Å². The standard InChI is InChI=1S/C18H17N5OS2/c1-12-20-15(11-25-12)17-7-6-13(26-17)8-9-19-18(24)10-23-16-5-3-2-4-14(16)21-22-23/h2-7,11H,8-10H2,1H3,(H,19,24). The largest absolute Gasteiger partial charge is 0.354 e. The Hall–Kier alpha value is -2.58. The fraction of sp³-hybridized carbons (Fsp3) is 0.222. The molecule has 132 valence electrons. The number of thiophene rings is 1. The van der Waals surface area contributed by atoms with Gasteiger partial charge in [0, 0.05) is 16.8 Å². The number of nitrogens with one attached hydrogen (secondary N) is 1. The Kier molecular flexibility index (Phi) is 4.77. The van der Waals surface area contributed by atoms with E-state index in [1.54, 1.807) is 27.4 Å². The fourth-order valence-electron chi connectivity index (χ4n) is 2.68. The second kappa shape index (κ2) is 7.35. The van der Waals surface area contributed by atoms with Gasteiger partial charge in [-0.3, -0.25) is 4.79 Å². The lowest BCUT2D eigenvalue weighted by atomic mass is 10.3. The number of rotatable bonds is 6. The molecule has 1 N–H and O–H groups in total. The molecule has 3 heterocycles. The summed E-state index contributed by atoms with van der Waals surface area (Å²) in [5, 5.41) is 14.2. The summed E-state index contributed by atoms with van der Waals surface area (Å²) in [4.78, 5) is 19.1. The van der Waals surface area contributed by atoms with E-state index in [9.17, 15) is 4.79 Å². The van der Waals surface area contributed by atoms with E-state index in [0.29, 0.717) is 6.54 Å². The molecule has 0 saturated heterocycles. The number of hydrogen-bond acceptors (Lipinski definition) is 6. The summed E-state index contributed by atoms with van der Waals surface area (Å²) < 4.78 is 1.62. The molecule has 0 fully saturated rings. The van der Waals surface area contributed by atoms with Crippen molar-refractivity contribution in [1.29, 1.82) is 0 Å². The highest BCUT2D eigenvalue weighted by Gasteiger charge is 2.09. The highest BCUT2D eigenvalue weighted by atomic mass is 32.1. The number of fused-ring (bicyclic) bond motifs is 1. The third-order valence-corrected chi connectivity index (χ3v) is 5.88. The second-order valence-electron chi connectivity index (χ2n) is 5.85. The van der Waals surface area contributed by atoms with Crippen LogP contribution in [-0.2, 0) is 17.8 Å². The summed E-state index contributed by atoms with van der Waals surface area (Å²) in [6.07, 6.45) is 0.803. The lowest BCUT2D eigenvalue weighted by Gasteiger charge is -2.04. The van der Waals surface area contributed by atoms with Gasteiger partial charge in [-0.1, -0.05) is 17.3 Å². The van der Waals surface area contributed by atoms with Gasteiger partial charge in [0.1, 0.15) is 12.1 Å². The summed E-state index contributed by atoms with van der Waals surface area (Å²) in [5.74, 6) is -0.0624. The predicted octanol–water partition coefficient (Wildman–Crippen LogP) is 3.28. The van der Waals surface area contributed by atoms with E-state index < -0.39 is 0 Å². The molecule has 0 aliphatic carbocycles. The van der Waals surface area contributed by atoms with Crippen molar-refractivity contribution in [1.82, 2.24) is 25.3 Å². The molecule has 0 aliphatic rings. The molecule has 0 unspecified atom stereocenters. The van der Waals surface area contributed by atoms with Gasteiger partial charge < -0.3 is 5.32 Å². The fourth-order valence-corrected chi connectivity index (χ4v) is 4.33. The zero-order valence-corrected chi connectivity index (χ0v) is 15.8. The minimum atomic E-state index is -0.0624. The maximum absolute atomic E-state index is 12.2. The Morgan fingerprint density at radius 1 is 1.23 bits per heavy atom. The van der Waals surface area contributed by atoms with E-state index in [0.717, 1.165) is 28.2 Å². The first-order valence-electron chi connectivity index (χ1n) is 8.25. The van der Waals surface area contributed by atoms with Gasteiger partial charge in [0.2, 0.25) is 5.91 Å². The average Bonchev–Trinajstić information content (AvgIpc) is 3.36. The van der Waals surface area contributed by atoms with E-state index in [2.05, 4.69) is 38.1 Å². The smallest absolute Gasteiger partial charge is 0.241 e. The summed E-state index contributed by atoms with van der Waals surface area (Å²) in [6.45, 7) is 2.78. The van der Waals surface area contributed by atoms with Gasteiger partial charge in [-0.2, -0.15) is 0 Å². The number of para-hydroxylation sites is 1. The highest BCUT2D eigenvalue weighted by Crippen LogP contribution is 2.29. The van der Waals surface area contributed by atoms with Crippen LogP contribution in [0.3, 0.4) is 0 Å². The molecule has 1 amide bonds. The monoisotopic (exact) mass is 383 g/mol. The molecule has 4 aromatic rings. The third-order valence-electron chi connectivity index (χ3n) is 3.94. The van der Waals surface area contributed by atoms with Crippen molar-refractivity contribution in [2.45, 2.75) is 19.9 Å². The van der Waals surface area contributed by atoms with Crippen LogP contribution in [0.15, 0.2) is 41.8 Å². The number of thiazole rings is 1. The maximum Gasteiger partial charge on any atom is 0.241 e. The van der Waals surface area contributed by atoms with Crippen LogP contribution < -0.4 is 5.32 Å². The van der Waals surface area contributed by atoms with Crippen LogP contribution in [0.5, 0.6) is 0 Å². The Labute approximate surface area is 158 Å². The van der Waals surface area contributed by atoms with Crippen LogP contribution in [0.4, 0.5) is 0 Å². The normalized spacial score (nSPS) is 11.1. The van der Waals surface area contributed by atoms with Gasteiger partial charge in [-0.15, -0.1) is 27.8 Å². The van der Waals surface area contributed by atoms with Gasteiger partial charge in [0.05, 0.1) is 21.1 Å². The molecule has 0 spiro atoms. The van der Waals surface area contributed by atoms with Gasteiger partial charge in [0.25, 0.3) is 0 Å². The SMILES string of the molecule is Cc1nc(-c2ccc(CCNC(=O)Cn3nnc4ccccc43)s2)cs1. The maximum atomic E-state index is 12.2. The number of carbonyl (C=O) groups is 1. The van der Waals surface area contributed by atoms with Crippen molar-refractivity contribution >= 4 is 39.6 Å². The van der Waals surface area contributed by atoms with Crippen molar-refractivity contribution < 1.29 is 4.79 Å². The highest BCUT2D eigenvalue weighted by molar-refractivity contribution is 7.16. The molecule has 8 heteroatoms. The van der Waals surface area contributed by atoms with Crippen molar-refractivity contribution in [3.63, 3.8) is 0 Å². The first kappa shape index (κ1) is 16.9. The minimum absolute atomic E-state index is 0.0624. The van der Waals surface area contributed by atoms with Crippen molar-refractivity contribution in [2.75, 3.05) is 6.54 Å². The zero-order valence-electron chi connectivity index (χ0n) is 14.2. The molecular weight excluding hydrogens is 366 g/mol. The topological polar surface area (TPSA) is 72.7 Å². The molecule has 3 aromatic heterocycles. The molecule has 0 saturated carbocycles. The summed E-state index contributed by atoms with van der Waals surface area (Å²) in [5.41, 5.74) is 2.69. The van der Waals surface area contributed by atoms with Gasteiger partial charge in [-0.05, 0) is 37.6 Å². The van der Waals surface area contributed by atoms with Crippen LogP contribution in [0.2, 0.25) is 0 Å². The molecule has 0 bridgehead atoms. The van der Waals surface area contributed by atoms with E-state index >= 15 is 0 Å². The molecule has 6 nitrogen and oxygen atoms in total. The number of carbonyl (C=O) groups excluding carboxylic acids is 1. The van der Waals surface area contributed by atoms with Gasteiger partial charge >= 0.3 is 0 Å². The average molecular weight is 384 g/mol. The van der Waals surface area contributed by atoms with E-state index in [-0.39, 0.29) is 12.5 Å². The van der Waals surface area contributed by atoms with Gasteiger partial charge in [0.15, 0.2) is 0 Å². The third kappa shape index (κ3) is 3.66. The molecule has 1 aromatic carbocycles. The molecule has 4 rings (SSSR count). The Balaban J connectivity index is 1.30. The Morgan fingerprint density at radius 2 is 2.12 bits per heavy atom.